The van der Waals surface area contributed by atoms with Crippen molar-refractivity contribution in [2.75, 3.05) is 59.5 Å². The lowest BCUT2D eigenvalue weighted by atomic mass is 9.96. The van der Waals surface area contributed by atoms with Crippen LogP contribution in [0.15, 0.2) is 36.9 Å². The highest BCUT2D eigenvalue weighted by Crippen LogP contribution is 2.28. The van der Waals surface area contributed by atoms with Crippen molar-refractivity contribution in [2.24, 2.45) is 0 Å². The van der Waals surface area contributed by atoms with Crippen LogP contribution in [0.5, 0.6) is 5.75 Å². The van der Waals surface area contributed by atoms with E-state index in [1.807, 2.05) is 34.7 Å². The molecule has 0 N–H and O–H groups in total. The van der Waals surface area contributed by atoms with Crippen LogP contribution >= 0.6 is 11.6 Å². The van der Waals surface area contributed by atoms with Gasteiger partial charge in [0.05, 0.1) is 25.9 Å². The number of amides is 2. The van der Waals surface area contributed by atoms with Crippen LogP contribution in [0.3, 0.4) is 0 Å². The summed E-state index contributed by atoms with van der Waals surface area (Å²) in [6.45, 7) is 6.87. The first-order valence-corrected chi connectivity index (χ1v) is 12.4. The monoisotopic (exact) mass is 503 g/mol. The van der Waals surface area contributed by atoms with Crippen LogP contribution in [-0.2, 0) is 20.9 Å². The van der Waals surface area contributed by atoms with Gasteiger partial charge in [-0.05, 0) is 37.7 Å². The molecule has 0 bridgehead atoms. The quantitative estimate of drug-likeness (QED) is 0.548. The largest absolute Gasteiger partial charge is 0.490 e. The molecule has 0 spiro atoms. The molecule has 3 heterocycles. The zero-order chi connectivity index (χ0) is 24.8. The summed E-state index contributed by atoms with van der Waals surface area (Å²) in [6, 6.07) is 5.47. The number of carbonyl (C=O) groups is 2. The average molecular weight is 504 g/mol. The molecule has 2 aliphatic rings. The van der Waals surface area contributed by atoms with Gasteiger partial charge in [0, 0.05) is 63.1 Å². The van der Waals surface area contributed by atoms with Crippen LogP contribution < -0.4 is 4.74 Å². The molecule has 2 fully saturated rings. The predicted octanol–water partition coefficient (Wildman–Crippen LogP) is 2.08. The van der Waals surface area contributed by atoms with Gasteiger partial charge in [0.2, 0.25) is 11.8 Å². The maximum Gasteiger partial charge on any atom is 0.225 e. The van der Waals surface area contributed by atoms with E-state index in [2.05, 4.69) is 16.9 Å². The summed E-state index contributed by atoms with van der Waals surface area (Å²) in [4.78, 5) is 36.3. The van der Waals surface area contributed by atoms with Crippen molar-refractivity contribution in [3.63, 3.8) is 0 Å². The predicted molar refractivity (Wildman–Crippen MR) is 132 cm³/mol. The first-order valence-electron chi connectivity index (χ1n) is 12.1. The Bertz CT molecular complexity index is 1010. The number of morpholine rings is 1. The third-order valence-electron chi connectivity index (χ3n) is 6.70. The molecule has 1 aromatic carbocycles. The Morgan fingerprint density at radius 2 is 1.94 bits per heavy atom. The van der Waals surface area contributed by atoms with Crippen molar-refractivity contribution >= 4 is 23.4 Å². The Kier molecular flexibility index (Phi) is 8.30. The molecule has 10 heteroatoms. The summed E-state index contributed by atoms with van der Waals surface area (Å²) in [6.07, 6.45) is 5.76. The molecular weight excluding hydrogens is 470 g/mol. The number of hydrogen-bond acceptors (Lipinski definition) is 6. The second-order valence-corrected chi connectivity index (χ2v) is 9.86. The van der Waals surface area contributed by atoms with Crippen molar-refractivity contribution < 1.29 is 19.1 Å². The Morgan fingerprint density at radius 1 is 1.14 bits per heavy atom. The molecule has 1 aromatic heterocycles. The zero-order valence-electron chi connectivity index (χ0n) is 20.5. The second kappa shape index (κ2) is 11.4. The number of ether oxygens (including phenoxy) is 2. The standard InChI is InChI=1S/C25H34ClN5O4/c1-20-15-21(3-4-22(20)26)34-18-25(16-24(33)30-11-9-28(2)10-12-30)17-31(13-14-35-25)23(32)5-7-29-8-6-27-19-29/h3-4,6,8,15,19H,5,7,9-14,16-18H2,1-2H3/t25-/m1/s1. The molecular formula is C25H34ClN5O4. The van der Waals surface area contributed by atoms with Crippen LogP contribution in [0.4, 0.5) is 0 Å². The normalized spacial score (nSPS) is 21.2. The lowest BCUT2D eigenvalue weighted by Gasteiger charge is -2.43. The number of aromatic nitrogens is 2. The number of piperazine rings is 1. The minimum atomic E-state index is -0.920. The van der Waals surface area contributed by atoms with Crippen LogP contribution in [-0.4, -0.2) is 101 Å². The number of aryl methyl sites for hydroxylation is 2. The van der Waals surface area contributed by atoms with Gasteiger partial charge in [-0.1, -0.05) is 11.6 Å². The van der Waals surface area contributed by atoms with Gasteiger partial charge in [-0.2, -0.15) is 0 Å². The van der Waals surface area contributed by atoms with Crippen molar-refractivity contribution in [2.45, 2.75) is 31.9 Å². The molecule has 4 rings (SSSR count). The fourth-order valence-corrected chi connectivity index (χ4v) is 4.59. The van der Waals surface area contributed by atoms with E-state index in [1.165, 1.54) is 0 Å². The number of nitrogens with zero attached hydrogens (tertiary/aromatic N) is 5. The van der Waals surface area contributed by atoms with Crippen molar-refractivity contribution in [3.05, 3.63) is 47.5 Å². The molecule has 0 aliphatic carbocycles. The third kappa shape index (κ3) is 6.74. The molecule has 0 saturated carbocycles. The summed E-state index contributed by atoms with van der Waals surface area (Å²) >= 11 is 6.16. The molecule has 2 saturated heterocycles. The number of imidazole rings is 1. The van der Waals surface area contributed by atoms with Gasteiger partial charge in [0.25, 0.3) is 0 Å². The van der Waals surface area contributed by atoms with Gasteiger partial charge >= 0.3 is 0 Å². The Hall–Kier alpha value is -2.62. The highest BCUT2D eigenvalue weighted by Gasteiger charge is 2.42. The van der Waals surface area contributed by atoms with Crippen LogP contribution in [0, 0.1) is 6.92 Å². The highest BCUT2D eigenvalue weighted by atomic mass is 35.5. The second-order valence-electron chi connectivity index (χ2n) is 9.46. The first kappa shape index (κ1) is 25.5. The van der Waals surface area contributed by atoms with Crippen LogP contribution in [0.2, 0.25) is 5.02 Å². The van der Waals surface area contributed by atoms with Gasteiger partial charge in [0.15, 0.2) is 0 Å². The Labute approximate surface area is 211 Å². The lowest BCUT2D eigenvalue weighted by molar-refractivity contribution is -0.166. The van der Waals surface area contributed by atoms with E-state index < -0.39 is 5.60 Å². The number of rotatable bonds is 8. The Balaban J connectivity index is 1.46. The van der Waals surface area contributed by atoms with E-state index in [1.54, 1.807) is 23.5 Å². The Morgan fingerprint density at radius 3 is 2.66 bits per heavy atom. The summed E-state index contributed by atoms with van der Waals surface area (Å²) in [5.41, 5.74) is -0.00994. The molecule has 190 valence electrons. The fourth-order valence-electron chi connectivity index (χ4n) is 4.47. The van der Waals surface area contributed by atoms with Crippen LogP contribution in [0.1, 0.15) is 18.4 Å². The maximum atomic E-state index is 13.3. The smallest absolute Gasteiger partial charge is 0.225 e. The van der Waals surface area contributed by atoms with E-state index >= 15 is 0 Å². The highest BCUT2D eigenvalue weighted by molar-refractivity contribution is 6.31. The zero-order valence-corrected chi connectivity index (χ0v) is 21.2. The minimum absolute atomic E-state index is 0.0285. The SMILES string of the molecule is Cc1cc(OC[C@@]2(CC(=O)N3CCN(C)CC3)CN(C(=O)CCn3ccnc3)CCO2)ccc1Cl. The molecule has 2 aliphatic heterocycles. The van der Waals surface area contributed by atoms with Gasteiger partial charge < -0.3 is 28.7 Å². The number of hydrogen-bond donors (Lipinski definition) is 0. The third-order valence-corrected chi connectivity index (χ3v) is 7.13. The van der Waals surface area contributed by atoms with Crippen molar-refractivity contribution in [1.29, 1.82) is 0 Å². The topological polar surface area (TPSA) is 80.1 Å². The molecule has 0 unspecified atom stereocenters. The summed E-state index contributed by atoms with van der Waals surface area (Å²) in [5.74, 6) is 0.716. The van der Waals surface area contributed by atoms with E-state index in [4.69, 9.17) is 21.1 Å². The van der Waals surface area contributed by atoms with Crippen LogP contribution in [0.25, 0.3) is 0 Å². The van der Waals surface area contributed by atoms with Gasteiger partial charge in [0.1, 0.15) is 18.0 Å². The van der Waals surface area contributed by atoms with E-state index in [0.29, 0.717) is 56.5 Å². The average Bonchev–Trinajstić information content (AvgIpc) is 3.38. The van der Waals surface area contributed by atoms with E-state index in [-0.39, 0.29) is 24.8 Å². The first-order chi connectivity index (χ1) is 16.8. The fraction of sp³-hybridized carbons (Fsp3) is 0.560. The molecule has 2 aromatic rings. The van der Waals surface area contributed by atoms with E-state index in [0.717, 1.165) is 18.7 Å². The number of carbonyl (C=O) groups excluding carboxylic acids is 2. The molecule has 1 atom stereocenters. The van der Waals surface area contributed by atoms with Gasteiger partial charge in [-0.25, -0.2) is 4.98 Å². The number of likely N-dealkylation sites (N-methyl/N-ethyl adjacent to an activating group) is 1. The number of halogens is 1. The number of benzene rings is 1. The van der Waals surface area contributed by atoms with Crippen molar-refractivity contribution in [1.82, 2.24) is 24.3 Å². The lowest BCUT2D eigenvalue weighted by Crippen LogP contribution is -2.59. The minimum Gasteiger partial charge on any atom is -0.490 e. The summed E-state index contributed by atoms with van der Waals surface area (Å²) in [5, 5.41) is 0.667. The molecule has 9 nitrogen and oxygen atoms in total. The molecule has 2 amide bonds. The molecule has 0 radical (unpaired) electrons. The summed E-state index contributed by atoms with van der Waals surface area (Å²) in [7, 11) is 2.06. The maximum absolute atomic E-state index is 13.3. The van der Waals surface area contributed by atoms with E-state index in [9.17, 15) is 9.59 Å². The molecule has 35 heavy (non-hydrogen) atoms. The summed E-state index contributed by atoms with van der Waals surface area (Å²) < 4.78 is 14.2. The van der Waals surface area contributed by atoms with Gasteiger partial charge in [-0.15, -0.1) is 0 Å². The van der Waals surface area contributed by atoms with Gasteiger partial charge in [-0.3, -0.25) is 9.59 Å². The van der Waals surface area contributed by atoms with Crippen molar-refractivity contribution in [3.8, 4) is 5.75 Å².